The molecule has 0 aliphatic rings. The van der Waals surface area contributed by atoms with Crippen molar-refractivity contribution in [3.05, 3.63) is 29.6 Å². The largest absolute Gasteiger partial charge is 0.352 e. The summed E-state index contributed by atoms with van der Waals surface area (Å²) in [4.78, 5) is 16.7. The van der Waals surface area contributed by atoms with Crippen molar-refractivity contribution >= 4 is 16.9 Å². The average molecular weight is 273 g/mol. The van der Waals surface area contributed by atoms with E-state index in [1.165, 1.54) is 0 Å². The first-order valence-electron chi connectivity index (χ1n) is 7.14. The smallest absolute Gasteiger partial charge is 0.251 e. The second-order valence-corrected chi connectivity index (χ2v) is 5.99. The normalized spacial score (nSPS) is 11.6. The van der Waals surface area contributed by atoms with Gasteiger partial charge in [-0.2, -0.15) is 0 Å². The van der Waals surface area contributed by atoms with Crippen LogP contribution in [-0.4, -0.2) is 22.0 Å². The fourth-order valence-corrected chi connectivity index (χ4v) is 2.27. The summed E-state index contributed by atoms with van der Waals surface area (Å²) in [6.45, 7) is 9.10. The molecule has 0 radical (unpaired) electrons. The quantitative estimate of drug-likeness (QED) is 0.930. The molecule has 0 aliphatic carbocycles. The number of aryl methyl sites for hydroxylation is 1. The molecule has 1 amide bonds. The third-order valence-electron chi connectivity index (χ3n) is 3.36. The molecule has 0 unspecified atom stereocenters. The molecule has 0 spiro atoms. The van der Waals surface area contributed by atoms with Crippen molar-refractivity contribution in [2.75, 3.05) is 6.54 Å². The van der Waals surface area contributed by atoms with E-state index in [2.05, 4.69) is 42.6 Å². The summed E-state index contributed by atoms with van der Waals surface area (Å²) < 4.78 is 2.09. The molecule has 0 aliphatic heterocycles. The van der Waals surface area contributed by atoms with Crippen molar-refractivity contribution in [1.29, 1.82) is 0 Å². The number of carbonyl (C=O) groups excluding carboxylic acids is 1. The van der Waals surface area contributed by atoms with Crippen molar-refractivity contribution in [2.24, 2.45) is 13.0 Å². The zero-order valence-corrected chi connectivity index (χ0v) is 12.9. The molecule has 4 nitrogen and oxygen atoms in total. The van der Waals surface area contributed by atoms with Crippen LogP contribution in [0.2, 0.25) is 0 Å². The van der Waals surface area contributed by atoms with E-state index in [0.29, 0.717) is 23.9 Å². The summed E-state index contributed by atoms with van der Waals surface area (Å²) in [6, 6.07) is 5.71. The molecule has 0 saturated heterocycles. The predicted molar refractivity (Wildman–Crippen MR) is 82.0 cm³/mol. The summed E-state index contributed by atoms with van der Waals surface area (Å²) in [5.74, 6) is 1.83. The van der Waals surface area contributed by atoms with E-state index in [1.54, 1.807) is 0 Å². The highest BCUT2D eigenvalue weighted by atomic mass is 16.1. The maximum absolute atomic E-state index is 12.1. The van der Waals surface area contributed by atoms with Gasteiger partial charge in [-0.3, -0.25) is 4.79 Å². The highest BCUT2D eigenvalue weighted by molar-refractivity contribution is 5.97. The van der Waals surface area contributed by atoms with E-state index < -0.39 is 0 Å². The first kappa shape index (κ1) is 14.6. The van der Waals surface area contributed by atoms with Gasteiger partial charge in [-0.25, -0.2) is 4.98 Å². The molecule has 4 heteroatoms. The molecule has 20 heavy (non-hydrogen) atoms. The average Bonchev–Trinajstić information content (AvgIpc) is 2.73. The maximum Gasteiger partial charge on any atom is 0.251 e. The van der Waals surface area contributed by atoms with Gasteiger partial charge in [-0.1, -0.05) is 27.7 Å². The minimum atomic E-state index is -0.0302. The number of amides is 1. The van der Waals surface area contributed by atoms with Gasteiger partial charge < -0.3 is 9.88 Å². The van der Waals surface area contributed by atoms with Crippen LogP contribution >= 0.6 is 0 Å². The molecule has 2 aromatic rings. The highest BCUT2D eigenvalue weighted by Crippen LogP contribution is 2.21. The molecular formula is C16H23N3O. The maximum atomic E-state index is 12.1. The van der Waals surface area contributed by atoms with E-state index in [9.17, 15) is 4.79 Å². The number of nitrogens with zero attached hydrogens (tertiary/aromatic N) is 2. The summed E-state index contributed by atoms with van der Waals surface area (Å²) in [5.41, 5.74) is 2.62. The molecule has 1 aromatic carbocycles. The van der Waals surface area contributed by atoms with Crippen LogP contribution in [0.25, 0.3) is 11.0 Å². The number of carbonyl (C=O) groups is 1. The van der Waals surface area contributed by atoms with Gasteiger partial charge in [0.05, 0.1) is 11.0 Å². The van der Waals surface area contributed by atoms with Gasteiger partial charge in [0.15, 0.2) is 0 Å². The highest BCUT2D eigenvalue weighted by Gasteiger charge is 2.13. The summed E-state index contributed by atoms with van der Waals surface area (Å²) >= 11 is 0. The Balaban J connectivity index is 2.32. The van der Waals surface area contributed by atoms with Crippen LogP contribution in [0, 0.1) is 5.92 Å². The van der Waals surface area contributed by atoms with Gasteiger partial charge in [0.2, 0.25) is 0 Å². The fourth-order valence-electron chi connectivity index (χ4n) is 2.27. The minimum Gasteiger partial charge on any atom is -0.352 e. The monoisotopic (exact) mass is 273 g/mol. The molecule has 108 valence electrons. The van der Waals surface area contributed by atoms with Crippen LogP contribution in [0.1, 0.15) is 49.8 Å². The molecule has 0 bridgehead atoms. The Hall–Kier alpha value is -1.84. The van der Waals surface area contributed by atoms with Crippen LogP contribution in [0.4, 0.5) is 0 Å². The second kappa shape index (κ2) is 5.65. The summed E-state index contributed by atoms with van der Waals surface area (Å²) in [6.07, 6.45) is 0. The van der Waals surface area contributed by atoms with Crippen LogP contribution in [0.5, 0.6) is 0 Å². The van der Waals surface area contributed by atoms with E-state index in [4.69, 9.17) is 0 Å². The van der Waals surface area contributed by atoms with Crippen molar-refractivity contribution in [3.8, 4) is 0 Å². The lowest BCUT2D eigenvalue weighted by atomic mass is 10.1. The molecule has 0 atom stereocenters. The van der Waals surface area contributed by atoms with E-state index in [0.717, 1.165) is 16.9 Å². The van der Waals surface area contributed by atoms with Crippen LogP contribution in [0.3, 0.4) is 0 Å². The topological polar surface area (TPSA) is 46.9 Å². The molecular weight excluding hydrogens is 250 g/mol. The minimum absolute atomic E-state index is 0.0302. The lowest BCUT2D eigenvalue weighted by molar-refractivity contribution is 0.0949. The van der Waals surface area contributed by atoms with E-state index in [-0.39, 0.29) is 5.91 Å². The van der Waals surface area contributed by atoms with Crippen molar-refractivity contribution in [3.63, 3.8) is 0 Å². The number of hydrogen-bond acceptors (Lipinski definition) is 2. The lowest BCUT2D eigenvalue weighted by Gasteiger charge is -2.07. The van der Waals surface area contributed by atoms with Gasteiger partial charge >= 0.3 is 0 Å². The summed E-state index contributed by atoms with van der Waals surface area (Å²) in [5, 5.41) is 2.93. The van der Waals surface area contributed by atoms with E-state index in [1.807, 2.05) is 25.2 Å². The number of nitrogens with one attached hydrogen (secondary N) is 1. The molecule has 0 saturated carbocycles. The predicted octanol–water partition coefficient (Wildman–Crippen LogP) is 3.08. The Morgan fingerprint density at radius 3 is 2.60 bits per heavy atom. The van der Waals surface area contributed by atoms with Crippen LogP contribution < -0.4 is 5.32 Å². The molecule has 1 aromatic heterocycles. The van der Waals surface area contributed by atoms with Gasteiger partial charge in [-0.05, 0) is 24.1 Å². The van der Waals surface area contributed by atoms with Gasteiger partial charge in [0, 0.05) is 25.1 Å². The molecule has 0 fully saturated rings. The molecule has 2 rings (SSSR count). The Labute approximate surface area is 120 Å². The number of imidazole rings is 1. The van der Waals surface area contributed by atoms with Crippen molar-refractivity contribution in [2.45, 2.75) is 33.6 Å². The lowest BCUT2D eigenvalue weighted by Crippen LogP contribution is -2.27. The third kappa shape index (κ3) is 2.84. The number of aromatic nitrogens is 2. The first-order valence-corrected chi connectivity index (χ1v) is 7.14. The van der Waals surface area contributed by atoms with Gasteiger partial charge in [-0.15, -0.1) is 0 Å². The SMILES string of the molecule is CC(C)CNC(=O)c1ccc2c(c1)nc(C(C)C)n2C. The standard InChI is InChI=1S/C16H23N3O/c1-10(2)9-17-16(20)12-6-7-14-13(8-12)18-15(11(3)4)19(14)5/h6-8,10-11H,9H2,1-5H3,(H,17,20). The van der Waals surface area contributed by atoms with Crippen LogP contribution in [-0.2, 0) is 7.05 Å². The van der Waals surface area contributed by atoms with Gasteiger partial charge in [0.1, 0.15) is 5.82 Å². The van der Waals surface area contributed by atoms with Crippen molar-refractivity contribution < 1.29 is 4.79 Å². The number of fused-ring (bicyclic) bond motifs is 1. The fraction of sp³-hybridized carbons (Fsp3) is 0.500. The van der Waals surface area contributed by atoms with Gasteiger partial charge in [0.25, 0.3) is 5.91 Å². The van der Waals surface area contributed by atoms with Crippen LogP contribution in [0.15, 0.2) is 18.2 Å². The Morgan fingerprint density at radius 1 is 1.30 bits per heavy atom. The number of benzene rings is 1. The Morgan fingerprint density at radius 2 is 2.00 bits per heavy atom. The Bertz CT molecular complexity index is 626. The molecule has 1 N–H and O–H groups in total. The second-order valence-electron chi connectivity index (χ2n) is 5.99. The molecule has 1 heterocycles. The first-order chi connectivity index (χ1) is 9.40. The third-order valence-corrected chi connectivity index (χ3v) is 3.36. The Kier molecular flexibility index (Phi) is 4.12. The van der Waals surface area contributed by atoms with E-state index >= 15 is 0 Å². The number of rotatable bonds is 4. The zero-order valence-electron chi connectivity index (χ0n) is 12.9. The van der Waals surface area contributed by atoms with Crippen molar-refractivity contribution in [1.82, 2.24) is 14.9 Å². The number of hydrogen-bond donors (Lipinski definition) is 1. The summed E-state index contributed by atoms with van der Waals surface area (Å²) in [7, 11) is 2.02. The zero-order chi connectivity index (χ0) is 14.9.